The van der Waals surface area contributed by atoms with Crippen molar-refractivity contribution in [2.24, 2.45) is 5.92 Å². The Morgan fingerprint density at radius 3 is 3.14 bits per heavy atom. The molecule has 2 atom stereocenters. The van der Waals surface area contributed by atoms with E-state index in [1.165, 1.54) is 0 Å². The number of anilines is 1. The highest BCUT2D eigenvalue weighted by Gasteiger charge is 2.29. The highest BCUT2D eigenvalue weighted by atomic mass is 16.2. The summed E-state index contributed by atoms with van der Waals surface area (Å²) >= 11 is 0. The standard InChI is InChI=1S/C16H20N4O/c1-12-5-6-18-15(12)16(21)19-14-4-2-3-13(9-14)10-20-8-7-17-11-20/h2-4,7-9,11-12,15,18H,5-6,10H2,1H3,(H,19,21). The van der Waals surface area contributed by atoms with Crippen LogP contribution in [0.15, 0.2) is 43.0 Å². The summed E-state index contributed by atoms with van der Waals surface area (Å²) in [6.45, 7) is 3.78. The fourth-order valence-corrected chi connectivity index (χ4v) is 2.74. The van der Waals surface area contributed by atoms with Crippen LogP contribution in [0.5, 0.6) is 0 Å². The Labute approximate surface area is 124 Å². The van der Waals surface area contributed by atoms with E-state index in [1.54, 1.807) is 12.5 Å². The average Bonchev–Trinajstić information content (AvgIpc) is 3.10. The monoisotopic (exact) mass is 284 g/mol. The van der Waals surface area contributed by atoms with Crippen LogP contribution in [0.25, 0.3) is 0 Å². The minimum atomic E-state index is -0.0812. The van der Waals surface area contributed by atoms with E-state index >= 15 is 0 Å². The molecule has 110 valence electrons. The first-order valence-electron chi connectivity index (χ1n) is 7.31. The van der Waals surface area contributed by atoms with Crippen LogP contribution in [0.3, 0.4) is 0 Å². The van der Waals surface area contributed by atoms with Gasteiger partial charge in [0.15, 0.2) is 0 Å². The number of carbonyl (C=O) groups is 1. The third-order valence-electron chi connectivity index (χ3n) is 3.93. The molecular formula is C16H20N4O. The quantitative estimate of drug-likeness (QED) is 0.901. The lowest BCUT2D eigenvalue weighted by Gasteiger charge is -2.16. The topological polar surface area (TPSA) is 59.0 Å². The molecule has 1 amide bonds. The van der Waals surface area contributed by atoms with Crippen molar-refractivity contribution in [3.05, 3.63) is 48.5 Å². The third kappa shape index (κ3) is 3.31. The molecule has 0 saturated carbocycles. The SMILES string of the molecule is CC1CCNC1C(=O)Nc1cccc(Cn2ccnc2)c1. The van der Waals surface area contributed by atoms with Crippen molar-refractivity contribution in [3.63, 3.8) is 0 Å². The summed E-state index contributed by atoms with van der Waals surface area (Å²) in [7, 11) is 0. The molecule has 1 aromatic carbocycles. The van der Waals surface area contributed by atoms with Crippen molar-refractivity contribution in [1.82, 2.24) is 14.9 Å². The Morgan fingerprint density at radius 2 is 2.43 bits per heavy atom. The molecule has 0 bridgehead atoms. The van der Waals surface area contributed by atoms with Gasteiger partial charge in [0.05, 0.1) is 12.4 Å². The highest BCUT2D eigenvalue weighted by Crippen LogP contribution is 2.17. The Hall–Kier alpha value is -2.14. The fourth-order valence-electron chi connectivity index (χ4n) is 2.74. The summed E-state index contributed by atoms with van der Waals surface area (Å²) in [5.41, 5.74) is 1.98. The number of hydrogen-bond acceptors (Lipinski definition) is 3. The van der Waals surface area contributed by atoms with Gasteiger partial charge in [-0.15, -0.1) is 0 Å². The number of hydrogen-bond donors (Lipinski definition) is 2. The van der Waals surface area contributed by atoms with Crippen LogP contribution in [-0.4, -0.2) is 28.0 Å². The second kappa shape index (κ2) is 6.10. The molecule has 0 radical (unpaired) electrons. The van der Waals surface area contributed by atoms with E-state index in [4.69, 9.17) is 0 Å². The molecule has 1 aliphatic rings. The normalized spacial score (nSPS) is 21.4. The lowest BCUT2D eigenvalue weighted by atomic mass is 10.0. The number of nitrogens with one attached hydrogen (secondary N) is 2. The molecule has 2 unspecified atom stereocenters. The second-order valence-electron chi connectivity index (χ2n) is 5.62. The minimum Gasteiger partial charge on any atom is -0.333 e. The van der Waals surface area contributed by atoms with Gasteiger partial charge in [-0.25, -0.2) is 4.98 Å². The number of aromatic nitrogens is 2. The molecule has 1 aromatic heterocycles. The van der Waals surface area contributed by atoms with Gasteiger partial charge >= 0.3 is 0 Å². The summed E-state index contributed by atoms with van der Waals surface area (Å²) in [5, 5.41) is 6.26. The van der Waals surface area contributed by atoms with Gasteiger partial charge in [0.2, 0.25) is 5.91 Å². The molecule has 0 aliphatic carbocycles. The Balaban J connectivity index is 1.67. The third-order valence-corrected chi connectivity index (χ3v) is 3.93. The molecule has 21 heavy (non-hydrogen) atoms. The lowest BCUT2D eigenvalue weighted by molar-refractivity contribution is -0.118. The van der Waals surface area contributed by atoms with Crippen LogP contribution in [0.1, 0.15) is 18.9 Å². The maximum Gasteiger partial charge on any atom is 0.241 e. The van der Waals surface area contributed by atoms with Gasteiger partial charge in [-0.3, -0.25) is 4.79 Å². The predicted octanol–water partition coefficient (Wildman–Crippen LogP) is 1.87. The largest absolute Gasteiger partial charge is 0.333 e. The fraction of sp³-hybridized carbons (Fsp3) is 0.375. The molecule has 5 heteroatoms. The Bertz CT molecular complexity index is 608. The molecule has 1 aliphatic heterocycles. The van der Waals surface area contributed by atoms with Crippen LogP contribution in [-0.2, 0) is 11.3 Å². The first-order valence-corrected chi connectivity index (χ1v) is 7.31. The number of benzene rings is 1. The summed E-state index contributed by atoms with van der Waals surface area (Å²) in [4.78, 5) is 16.3. The van der Waals surface area contributed by atoms with Crippen LogP contribution >= 0.6 is 0 Å². The van der Waals surface area contributed by atoms with E-state index in [2.05, 4.69) is 22.5 Å². The summed E-state index contributed by atoms with van der Waals surface area (Å²) in [5.74, 6) is 0.443. The minimum absolute atomic E-state index is 0.0554. The number of nitrogens with zero attached hydrogens (tertiary/aromatic N) is 2. The number of carbonyl (C=O) groups excluding carboxylic acids is 1. The summed E-state index contributed by atoms with van der Waals surface area (Å²) in [6, 6.07) is 7.87. The number of imidazole rings is 1. The number of amides is 1. The van der Waals surface area contributed by atoms with Crippen molar-refractivity contribution in [2.45, 2.75) is 25.9 Å². The average molecular weight is 284 g/mol. The molecule has 3 rings (SSSR count). The molecule has 1 fully saturated rings. The van der Waals surface area contributed by atoms with E-state index in [0.717, 1.165) is 30.8 Å². The van der Waals surface area contributed by atoms with Crippen LogP contribution in [0.2, 0.25) is 0 Å². The molecule has 0 spiro atoms. The maximum absolute atomic E-state index is 12.3. The smallest absolute Gasteiger partial charge is 0.241 e. The maximum atomic E-state index is 12.3. The van der Waals surface area contributed by atoms with E-state index in [9.17, 15) is 4.79 Å². The zero-order chi connectivity index (χ0) is 14.7. The van der Waals surface area contributed by atoms with Crippen molar-refractivity contribution in [2.75, 3.05) is 11.9 Å². The van der Waals surface area contributed by atoms with Crippen molar-refractivity contribution in [3.8, 4) is 0 Å². The zero-order valence-electron chi connectivity index (χ0n) is 12.1. The van der Waals surface area contributed by atoms with Crippen LogP contribution in [0, 0.1) is 5.92 Å². The Kier molecular flexibility index (Phi) is 4.01. The van der Waals surface area contributed by atoms with Gasteiger partial charge in [-0.05, 0) is 36.6 Å². The molecule has 5 nitrogen and oxygen atoms in total. The summed E-state index contributed by atoms with van der Waals surface area (Å²) in [6.07, 6.45) is 6.53. The molecule has 1 saturated heterocycles. The van der Waals surface area contributed by atoms with Gasteiger partial charge in [-0.2, -0.15) is 0 Å². The summed E-state index contributed by atoms with van der Waals surface area (Å²) < 4.78 is 2.00. The zero-order valence-corrected chi connectivity index (χ0v) is 12.1. The molecular weight excluding hydrogens is 264 g/mol. The highest BCUT2D eigenvalue weighted by molar-refractivity contribution is 5.95. The van der Waals surface area contributed by atoms with E-state index in [-0.39, 0.29) is 11.9 Å². The first kappa shape index (κ1) is 13.8. The van der Waals surface area contributed by atoms with Gasteiger partial charge in [0.1, 0.15) is 0 Å². The first-order chi connectivity index (χ1) is 10.2. The Morgan fingerprint density at radius 1 is 1.52 bits per heavy atom. The van der Waals surface area contributed by atoms with Crippen molar-refractivity contribution < 1.29 is 4.79 Å². The molecule has 2 heterocycles. The van der Waals surface area contributed by atoms with E-state index < -0.39 is 0 Å². The lowest BCUT2D eigenvalue weighted by Crippen LogP contribution is -2.39. The van der Waals surface area contributed by atoms with E-state index in [1.807, 2.05) is 35.0 Å². The van der Waals surface area contributed by atoms with Crippen molar-refractivity contribution >= 4 is 11.6 Å². The van der Waals surface area contributed by atoms with Gasteiger partial charge in [0, 0.05) is 24.6 Å². The van der Waals surface area contributed by atoms with Crippen LogP contribution < -0.4 is 10.6 Å². The second-order valence-corrected chi connectivity index (χ2v) is 5.62. The van der Waals surface area contributed by atoms with Crippen LogP contribution in [0.4, 0.5) is 5.69 Å². The molecule has 2 N–H and O–H groups in total. The molecule has 2 aromatic rings. The predicted molar refractivity (Wildman–Crippen MR) is 82.0 cm³/mol. The number of rotatable bonds is 4. The van der Waals surface area contributed by atoms with Gasteiger partial charge in [-0.1, -0.05) is 19.1 Å². The van der Waals surface area contributed by atoms with Crippen molar-refractivity contribution in [1.29, 1.82) is 0 Å². The van der Waals surface area contributed by atoms with E-state index in [0.29, 0.717) is 5.92 Å². The van der Waals surface area contributed by atoms with Gasteiger partial charge < -0.3 is 15.2 Å². The van der Waals surface area contributed by atoms with Gasteiger partial charge in [0.25, 0.3) is 0 Å².